The van der Waals surface area contributed by atoms with E-state index in [4.69, 9.17) is 16.3 Å². The molecule has 5 rings (SSSR count). The highest BCUT2D eigenvalue weighted by molar-refractivity contribution is 8.18. The second-order valence-electron chi connectivity index (χ2n) is 7.93. The summed E-state index contributed by atoms with van der Waals surface area (Å²) in [5.41, 5.74) is 1.82. The lowest BCUT2D eigenvalue weighted by molar-refractivity contribution is -0.123. The molecule has 0 saturated carbocycles. The van der Waals surface area contributed by atoms with E-state index in [2.05, 4.69) is 18.2 Å². The smallest absolute Gasteiger partial charge is 0.293 e. The van der Waals surface area contributed by atoms with Crippen LogP contribution in [0.4, 0.5) is 9.18 Å². The molecule has 4 aromatic carbocycles. The zero-order valence-electron chi connectivity index (χ0n) is 18.4. The normalized spacial score (nSPS) is 14.8. The van der Waals surface area contributed by atoms with Crippen LogP contribution in [0.15, 0.2) is 89.8 Å². The van der Waals surface area contributed by atoms with Gasteiger partial charge in [0.15, 0.2) is 0 Å². The molecule has 0 N–H and O–H groups in total. The van der Waals surface area contributed by atoms with Crippen LogP contribution in [0.3, 0.4) is 0 Å². The summed E-state index contributed by atoms with van der Waals surface area (Å²) in [6.07, 6.45) is 1.63. The van der Waals surface area contributed by atoms with E-state index in [1.54, 1.807) is 6.08 Å². The molecule has 0 radical (unpaired) electrons. The zero-order chi connectivity index (χ0) is 24.4. The Hall–Kier alpha value is -3.61. The first-order valence-corrected chi connectivity index (χ1v) is 12.1. The van der Waals surface area contributed by atoms with Crippen molar-refractivity contribution in [2.45, 2.75) is 13.2 Å². The number of para-hydroxylation sites is 1. The van der Waals surface area contributed by atoms with Gasteiger partial charge in [-0.05, 0) is 52.4 Å². The molecule has 1 fully saturated rings. The van der Waals surface area contributed by atoms with Gasteiger partial charge in [-0.2, -0.15) is 0 Å². The van der Waals surface area contributed by atoms with Crippen LogP contribution < -0.4 is 4.74 Å². The number of hydrogen-bond acceptors (Lipinski definition) is 4. The Morgan fingerprint density at radius 1 is 0.914 bits per heavy atom. The number of amides is 2. The van der Waals surface area contributed by atoms with Crippen LogP contribution in [-0.4, -0.2) is 16.0 Å². The number of halogens is 2. The van der Waals surface area contributed by atoms with Gasteiger partial charge in [0.25, 0.3) is 11.1 Å². The molecule has 1 saturated heterocycles. The number of hydrogen-bond donors (Lipinski definition) is 0. The van der Waals surface area contributed by atoms with Crippen molar-refractivity contribution in [3.8, 4) is 5.75 Å². The lowest BCUT2D eigenvalue weighted by atomic mass is 10.1. The topological polar surface area (TPSA) is 46.6 Å². The van der Waals surface area contributed by atoms with Crippen molar-refractivity contribution in [1.29, 1.82) is 0 Å². The van der Waals surface area contributed by atoms with Crippen LogP contribution in [0.25, 0.3) is 16.8 Å². The third-order valence-corrected chi connectivity index (χ3v) is 6.98. The zero-order valence-corrected chi connectivity index (χ0v) is 20.0. The van der Waals surface area contributed by atoms with Crippen molar-refractivity contribution in [1.82, 2.24) is 4.90 Å². The van der Waals surface area contributed by atoms with E-state index in [1.807, 2.05) is 48.5 Å². The highest BCUT2D eigenvalue weighted by Crippen LogP contribution is 2.36. The maximum absolute atomic E-state index is 14.2. The first kappa shape index (κ1) is 23.1. The molecule has 2 amide bonds. The van der Waals surface area contributed by atoms with E-state index in [-0.39, 0.29) is 22.0 Å². The number of thioether (sulfide) groups is 1. The van der Waals surface area contributed by atoms with Gasteiger partial charge in [0.05, 0.1) is 11.4 Å². The molecule has 7 heteroatoms. The Labute approximate surface area is 211 Å². The van der Waals surface area contributed by atoms with Crippen molar-refractivity contribution < 1.29 is 18.7 Å². The molecule has 4 aromatic rings. The fourth-order valence-electron chi connectivity index (χ4n) is 3.92. The highest BCUT2D eigenvalue weighted by Gasteiger charge is 2.36. The lowest BCUT2D eigenvalue weighted by Gasteiger charge is -2.14. The molecule has 0 unspecified atom stereocenters. The molecule has 4 nitrogen and oxygen atoms in total. The van der Waals surface area contributed by atoms with E-state index in [1.165, 1.54) is 18.2 Å². The van der Waals surface area contributed by atoms with E-state index in [9.17, 15) is 14.0 Å². The molecular formula is C28H19ClFNO3S. The fourth-order valence-corrected chi connectivity index (χ4v) is 4.98. The van der Waals surface area contributed by atoms with Crippen LogP contribution in [0, 0.1) is 5.82 Å². The summed E-state index contributed by atoms with van der Waals surface area (Å²) in [4.78, 5) is 26.8. The maximum Gasteiger partial charge on any atom is 0.293 e. The molecule has 0 spiro atoms. The minimum atomic E-state index is -0.562. The minimum Gasteiger partial charge on any atom is -0.488 e. The number of ether oxygens (including phenoxy) is 1. The first-order chi connectivity index (χ1) is 17.0. The van der Waals surface area contributed by atoms with Crippen molar-refractivity contribution >= 4 is 51.4 Å². The van der Waals surface area contributed by atoms with E-state index in [0.717, 1.165) is 33.0 Å². The highest BCUT2D eigenvalue weighted by atomic mass is 35.5. The van der Waals surface area contributed by atoms with Gasteiger partial charge in [-0.15, -0.1) is 0 Å². The number of carbonyl (C=O) groups is 2. The third-order valence-electron chi connectivity index (χ3n) is 5.72. The average molecular weight is 504 g/mol. The standard InChI is InChI=1S/C28H19ClFNO3S/c29-23-12-6-13-24(30)22(23)16-31-27(32)26(35-28(31)33)15-19-8-2-4-14-25(19)34-17-20-10-5-9-18-7-1-3-11-21(18)20/h1-15H,16-17H2/b26-15-. The number of carbonyl (C=O) groups excluding carboxylic acids is 2. The van der Waals surface area contributed by atoms with E-state index >= 15 is 0 Å². The SMILES string of the molecule is O=C1S/C(=C\c2ccccc2OCc2cccc3ccccc23)C(=O)N1Cc1c(F)cccc1Cl. The van der Waals surface area contributed by atoms with Crippen LogP contribution in [-0.2, 0) is 17.9 Å². The number of imide groups is 1. The summed E-state index contributed by atoms with van der Waals surface area (Å²) < 4.78 is 20.3. The number of fused-ring (bicyclic) bond motifs is 1. The van der Waals surface area contributed by atoms with Gasteiger partial charge in [0.2, 0.25) is 0 Å². The molecule has 1 aliphatic heterocycles. The average Bonchev–Trinajstić information content (AvgIpc) is 3.13. The Balaban J connectivity index is 1.37. The molecule has 0 atom stereocenters. The summed E-state index contributed by atoms with van der Waals surface area (Å²) in [6, 6.07) is 25.7. The van der Waals surface area contributed by atoms with Gasteiger partial charge < -0.3 is 4.74 Å². The van der Waals surface area contributed by atoms with E-state index in [0.29, 0.717) is 17.9 Å². The van der Waals surface area contributed by atoms with Gasteiger partial charge in [-0.1, -0.05) is 78.3 Å². The number of rotatable bonds is 6. The molecule has 0 aromatic heterocycles. The summed E-state index contributed by atoms with van der Waals surface area (Å²) in [5, 5.41) is 1.93. The second kappa shape index (κ2) is 9.94. The van der Waals surface area contributed by atoms with Gasteiger partial charge in [0, 0.05) is 16.1 Å². The predicted octanol–water partition coefficient (Wildman–Crippen LogP) is 7.45. The third kappa shape index (κ3) is 4.81. The first-order valence-electron chi connectivity index (χ1n) is 10.9. The van der Waals surface area contributed by atoms with Crippen LogP contribution in [0.5, 0.6) is 5.75 Å². The number of benzene rings is 4. The van der Waals surface area contributed by atoms with Gasteiger partial charge in [-0.25, -0.2) is 4.39 Å². The summed E-state index contributed by atoms with van der Waals surface area (Å²) >= 11 is 6.89. The fraction of sp³-hybridized carbons (Fsp3) is 0.0714. The van der Waals surface area contributed by atoms with Crippen LogP contribution in [0.2, 0.25) is 5.02 Å². The van der Waals surface area contributed by atoms with Gasteiger partial charge in [0.1, 0.15) is 18.2 Å². The van der Waals surface area contributed by atoms with Crippen LogP contribution >= 0.6 is 23.4 Å². The van der Waals surface area contributed by atoms with Crippen molar-refractivity contribution in [2.24, 2.45) is 0 Å². The summed E-state index contributed by atoms with van der Waals surface area (Å²) in [6.45, 7) is 0.117. The largest absolute Gasteiger partial charge is 0.488 e. The summed E-state index contributed by atoms with van der Waals surface area (Å²) in [5.74, 6) is -0.472. The Kier molecular flexibility index (Phi) is 6.57. The Morgan fingerprint density at radius 3 is 2.51 bits per heavy atom. The van der Waals surface area contributed by atoms with Crippen molar-refractivity contribution in [3.05, 3.63) is 117 Å². The molecular weight excluding hydrogens is 485 g/mol. The monoisotopic (exact) mass is 503 g/mol. The van der Waals surface area contributed by atoms with Crippen LogP contribution in [0.1, 0.15) is 16.7 Å². The molecule has 35 heavy (non-hydrogen) atoms. The second-order valence-corrected chi connectivity index (χ2v) is 9.33. The Morgan fingerprint density at radius 2 is 1.66 bits per heavy atom. The molecule has 0 aliphatic carbocycles. The summed E-state index contributed by atoms with van der Waals surface area (Å²) in [7, 11) is 0. The quantitative estimate of drug-likeness (QED) is 0.256. The van der Waals surface area contributed by atoms with Crippen molar-refractivity contribution in [3.63, 3.8) is 0 Å². The van der Waals surface area contributed by atoms with E-state index < -0.39 is 17.0 Å². The van der Waals surface area contributed by atoms with Crippen molar-refractivity contribution in [2.75, 3.05) is 0 Å². The molecule has 174 valence electrons. The molecule has 1 heterocycles. The Bertz CT molecular complexity index is 1460. The molecule has 0 bridgehead atoms. The van der Waals surface area contributed by atoms with Gasteiger partial charge >= 0.3 is 0 Å². The predicted molar refractivity (Wildman–Crippen MR) is 138 cm³/mol. The number of nitrogens with zero attached hydrogens (tertiary/aromatic N) is 1. The lowest BCUT2D eigenvalue weighted by Crippen LogP contribution is -2.28. The molecule has 1 aliphatic rings. The minimum absolute atomic E-state index is 0.108. The maximum atomic E-state index is 14.2. The van der Waals surface area contributed by atoms with Gasteiger partial charge in [-0.3, -0.25) is 14.5 Å².